The largest absolute Gasteiger partial charge is 0.497 e. The molecule has 1 fully saturated rings. The third-order valence-electron chi connectivity index (χ3n) is 5.43. The van der Waals surface area contributed by atoms with Crippen LogP contribution in [0.3, 0.4) is 0 Å². The Morgan fingerprint density at radius 3 is 2.10 bits per heavy atom. The predicted molar refractivity (Wildman–Crippen MR) is 112 cm³/mol. The van der Waals surface area contributed by atoms with Gasteiger partial charge in [-0.3, -0.25) is 9.59 Å². The number of anilines is 1. The van der Waals surface area contributed by atoms with Gasteiger partial charge in [0.2, 0.25) is 11.8 Å². The zero-order chi connectivity index (χ0) is 20.6. The summed E-state index contributed by atoms with van der Waals surface area (Å²) in [5.41, 5.74) is 1.76. The van der Waals surface area contributed by atoms with Gasteiger partial charge in [-0.15, -0.1) is 0 Å². The minimum Gasteiger partial charge on any atom is -0.497 e. The fourth-order valence-electron chi connectivity index (χ4n) is 3.64. The maximum atomic E-state index is 12.5. The Labute approximate surface area is 171 Å². The molecule has 0 saturated heterocycles. The maximum Gasteiger partial charge on any atom is 0.227 e. The van der Waals surface area contributed by atoms with E-state index in [0.29, 0.717) is 12.3 Å². The molecular formula is C23H28N2O4. The molecule has 1 aliphatic carbocycles. The van der Waals surface area contributed by atoms with Crippen molar-refractivity contribution >= 4 is 17.5 Å². The molecule has 1 saturated carbocycles. The van der Waals surface area contributed by atoms with Gasteiger partial charge in [0.25, 0.3) is 0 Å². The summed E-state index contributed by atoms with van der Waals surface area (Å²) in [4.78, 5) is 25.0. The number of nitrogens with one attached hydrogen (secondary N) is 2. The van der Waals surface area contributed by atoms with Crippen molar-refractivity contribution in [1.29, 1.82) is 0 Å². The number of methoxy groups -OCH3 is 2. The van der Waals surface area contributed by atoms with E-state index in [0.717, 1.165) is 42.7 Å². The lowest BCUT2D eigenvalue weighted by atomic mass is 9.81. The summed E-state index contributed by atoms with van der Waals surface area (Å²) >= 11 is 0. The van der Waals surface area contributed by atoms with Crippen LogP contribution in [-0.2, 0) is 16.1 Å². The lowest BCUT2D eigenvalue weighted by Gasteiger charge is -2.27. The number of carbonyl (C=O) groups is 2. The first-order valence-corrected chi connectivity index (χ1v) is 9.94. The first-order chi connectivity index (χ1) is 14.1. The van der Waals surface area contributed by atoms with Crippen molar-refractivity contribution in [2.45, 2.75) is 32.2 Å². The number of hydrogen-bond donors (Lipinski definition) is 2. The smallest absolute Gasteiger partial charge is 0.227 e. The van der Waals surface area contributed by atoms with Gasteiger partial charge in [0, 0.05) is 30.1 Å². The molecule has 1 aliphatic rings. The van der Waals surface area contributed by atoms with Crippen LogP contribution in [0.25, 0.3) is 0 Å². The second-order valence-corrected chi connectivity index (χ2v) is 7.34. The molecule has 29 heavy (non-hydrogen) atoms. The summed E-state index contributed by atoms with van der Waals surface area (Å²) in [6.07, 6.45) is 2.89. The second-order valence-electron chi connectivity index (χ2n) is 7.34. The van der Waals surface area contributed by atoms with E-state index in [1.165, 1.54) is 0 Å². The van der Waals surface area contributed by atoms with E-state index in [9.17, 15) is 9.59 Å². The number of hydrogen-bond acceptors (Lipinski definition) is 4. The number of carbonyl (C=O) groups excluding carboxylic acids is 2. The summed E-state index contributed by atoms with van der Waals surface area (Å²) < 4.78 is 10.3. The van der Waals surface area contributed by atoms with E-state index >= 15 is 0 Å². The highest BCUT2D eigenvalue weighted by atomic mass is 16.5. The topological polar surface area (TPSA) is 76.7 Å². The average Bonchev–Trinajstić information content (AvgIpc) is 2.78. The van der Waals surface area contributed by atoms with E-state index in [1.54, 1.807) is 20.3 Å². The van der Waals surface area contributed by atoms with Crippen LogP contribution in [0.4, 0.5) is 5.69 Å². The Morgan fingerprint density at radius 1 is 0.862 bits per heavy atom. The second kappa shape index (κ2) is 9.96. The summed E-state index contributed by atoms with van der Waals surface area (Å²) in [6.45, 7) is 0.499. The Hall–Kier alpha value is -3.02. The molecule has 2 N–H and O–H groups in total. The van der Waals surface area contributed by atoms with Crippen LogP contribution in [0.15, 0.2) is 48.5 Å². The highest BCUT2D eigenvalue weighted by Crippen LogP contribution is 2.30. The molecule has 0 atom stereocenters. The first kappa shape index (κ1) is 20.7. The Morgan fingerprint density at radius 2 is 1.48 bits per heavy atom. The van der Waals surface area contributed by atoms with Crippen LogP contribution in [0.1, 0.15) is 31.2 Å². The van der Waals surface area contributed by atoms with Gasteiger partial charge < -0.3 is 20.1 Å². The highest BCUT2D eigenvalue weighted by molar-refractivity contribution is 5.93. The monoisotopic (exact) mass is 396 g/mol. The zero-order valence-electron chi connectivity index (χ0n) is 16.9. The molecule has 0 radical (unpaired) electrons. The third-order valence-corrected chi connectivity index (χ3v) is 5.43. The summed E-state index contributed by atoms with van der Waals surface area (Å²) in [5.74, 6) is 1.48. The Bertz CT molecular complexity index is 827. The Kier molecular flexibility index (Phi) is 7.11. The van der Waals surface area contributed by atoms with Crippen molar-refractivity contribution in [3.8, 4) is 11.5 Å². The van der Waals surface area contributed by atoms with Gasteiger partial charge in [-0.25, -0.2) is 0 Å². The lowest BCUT2D eigenvalue weighted by molar-refractivity contribution is -0.128. The number of amides is 2. The van der Waals surface area contributed by atoms with Gasteiger partial charge in [0.05, 0.1) is 14.2 Å². The first-order valence-electron chi connectivity index (χ1n) is 9.94. The molecule has 0 bridgehead atoms. The number of rotatable bonds is 7. The quantitative estimate of drug-likeness (QED) is 0.747. The average molecular weight is 396 g/mol. The SMILES string of the molecule is COc1ccc(CNC(=O)C2CCC(C(=O)Nc3cccc(OC)c3)CC2)cc1. The molecule has 0 unspecified atom stereocenters. The van der Waals surface area contributed by atoms with Crippen molar-refractivity contribution in [1.82, 2.24) is 5.32 Å². The third kappa shape index (κ3) is 5.73. The molecule has 3 rings (SSSR count). The summed E-state index contributed by atoms with van der Waals surface area (Å²) in [6, 6.07) is 15.0. The van der Waals surface area contributed by atoms with Gasteiger partial charge in [0.15, 0.2) is 0 Å². The van der Waals surface area contributed by atoms with Crippen molar-refractivity contribution < 1.29 is 19.1 Å². The molecular weight excluding hydrogens is 368 g/mol. The Balaban J connectivity index is 1.43. The molecule has 2 aromatic carbocycles. The molecule has 154 valence electrons. The molecule has 6 nitrogen and oxygen atoms in total. The minimum absolute atomic E-state index is 0.00958. The maximum absolute atomic E-state index is 12.5. The minimum atomic E-state index is -0.0631. The number of ether oxygens (including phenoxy) is 2. The van der Waals surface area contributed by atoms with Crippen LogP contribution in [-0.4, -0.2) is 26.0 Å². The molecule has 0 aliphatic heterocycles. The van der Waals surface area contributed by atoms with Crippen LogP contribution >= 0.6 is 0 Å². The van der Waals surface area contributed by atoms with E-state index in [1.807, 2.05) is 42.5 Å². The molecule has 0 spiro atoms. The molecule has 0 aromatic heterocycles. The molecule has 2 amide bonds. The fraction of sp³-hybridized carbons (Fsp3) is 0.391. The summed E-state index contributed by atoms with van der Waals surface area (Å²) in [7, 11) is 3.23. The van der Waals surface area contributed by atoms with E-state index in [2.05, 4.69) is 10.6 Å². The molecule has 0 heterocycles. The predicted octanol–water partition coefficient (Wildman–Crippen LogP) is 3.77. The van der Waals surface area contributed by atoms with E-state index in [4.69, 9.17) is 9.47 Å². The fourth-order valence-corrected chi connectivity index (χ4v) is 3.64. The number of benzene rings is 2. The normalized spacial score (nSPS) is 18.6. The zero-order valence-corrected chi connectivity index (χ0v) is 16.9. The standard InChI is InChI=1S/C23H28N2O4/c1-28-20-12-6-16(7-13-20)15-24-22(26)17-8-10-18(11-9-17)23(27)25-19-4-3-5-21(14-19)29-2/h3-7,12-14,17-18H,8-11,15H2,1-2H3,(H,24,26)(H,25,27). The van der Waals surface area contributed by atoms with Gasteiger partial charge in [0.1, 0.15) is 11.5 Å². The van der Waals surface area contributed by atoms with Gasteiger partial charge in [-0.05, 0) is 55.5 Å². The van der Waals surface area contributed by atoms with Crippen LogP contribution in [0.2, 0.25) is 0 Å². The van der Waals surface area contributed by atoms with Crippen LogP contribution in [0.5, 0.6) is 11.5 Å². The molecule has 6 heteroatoms. The van der Waals surface area contributed by atoms with Crippen molar-refractivity contribution in [2.24, 2.45) is 11.8 Å². The van der Waals surface area contributed by atoms with Crippen molar-refractivity contribution in [2.75, 3.05) is 19.5 Å². The van der Waals surface area contributed by atoms with Gasteiger partial charge in [-0.2, -0.15) is 0 Å². The van der Waals surface area contributed by atoms with Crippen molar-refractivity contribution in [3.63, 3.8) is 0 Å². The van der Waals surface area contributed by atoms with Crippen LogP contribution in [0, 0.1) is 11.8 Å². The summed E-state index contributed by atoms with van der Waals surface area (Å²) in [5, 5.41) is 5.97. The van der Waals surface area contributed by atoms with Gasteiger partial charge in [-0.1, -0.05) is 18.2 Å². The van der Waals surface area contributed by atoms with E-state index < -0.39 is 0 Å². The highest BCUT2D eigenvalue weighted by Gasteiger charge is 2.29. The van der Waals surface area contributed by atoms with E-state index in [-0.39, 0.29) is 23.7 Å². The van der Waals surface area contributed by atoms with Crippen molar-refractivity contribution in [3.05, 3.63) is 54.1 Å². The van der Waals surface area contributed by atoms with Crippen LogP contribution < -0.4 is 20.1 Å². The lowest BCUT2D eigenvalue weighted by Crippen LogP contribution is -2.35. The van der Waals surface area contributed by atoms with Gasteiger partial charge >= 0.3 is 0 Å². The molecule has 2 aromatic rings.